The van der Waals surface area contributed by atoms with Gasteiger partial charge in [-0.25, -0.2) is 13.1 Å². The first-order valence-corrected chi connectivity index (χ1v) is 12.8. The summed E-state index contributed by atoms with van der Waals surface area (Å²) in [5, 5.41) is 10.4. The lowest BCUT2D eigenvalue weighted by atomic mass is 10.0. The zero-order valence-corrected chi connectivity index (χ0v) is 19.3. The Bertz CT molecular complexity index is 1230. The minimum Gasteiger partial charge on any atom is -0.481 e. The number of aliphatic carboxylic acids is 1. The summed E-state index contributed by atoms with van der Waals surface area (Å²) in [5.74, 6) is -0.618. The molecule has 0 radical (unpaired) electrons. The van der Waals surface area contributed by atoms with Crippen molar-refractivity contribution in [2.45, 2.75) is 49.8 Å². The maximum atomic E-state index is 13.1. The average molecular weight is 475 g/mol. The van der Waals surface area contributed by atoms with Gasteiger partial charge >= 0.3 is 5.97 Å². The van der Waals surface area contributed by atoms with Crippen LogP contribution >= 0.6 is 11.6 Å². The molecule has 0 aliphatic heterocycles. The number of aromatic amines is 1. The van der Waals surface area contributed by atoms with Gasteiger partial charge in [0.15, 0.2) is 0 Å². The van der Waals surface area contributed by atoms with Crippen LogP contribution in [-0.4, -0.2) is 31.0 Å². The van der Waals surface area contributed by atoms with Gasteiger partial charge in [-0.15, -0.1) is 0 Å². The Balaban J connectivity index is 1.68. The van der Waals surface area contributed by atoms with Crippen molar-refractivity contribution in [3.63, 3.8) is 0 Å². The molecule has 1 aromatic heterocycles. The molecule has 32 heavy (non-hydrogen) atoms. The Labute approximate surface area is 193 Å². The predicted octanol–water partition coefficient (Wildman–Crippen LogP) is 5.36. The van der Waals surface area contributed by atoms with Gasteiger partial charge in [0.05, 0.1) is 17.1 Å². The molecule has 0 saturated heterocycles. The van der Waals surface area contributed by atoms with Crippen LogP contribution in [0.4, 0.5) is 0 Å². The summed E-state index contributed by atoms with van der Waals surface area (Å²) >= 11 is 6.30. The van der Waals surface area contributed by atoms with Crippen molar-refractivity contribution in [3.05, 3.63) is 53.1 Å². The molecule has 0 spiro atoms. The van der Waals surface area contributed by atoms with Crippen molar-refractivity contribution in [3.8, 4) is 11.3 Å². The van der Waals surface area contributed by atoms with Gasteiger partial charge in [0, 0.05) is 17.4 Å². The van der Waals surface area contributed by atoms with Crippen LogP contribution in [-0.2, 0) is 21.2 Å². The highest BCUT2D eigenvalue weighted by Gasteiger charge is 2.23. The zero-order valence-electron chi connectivity index (χ0n) is 17.7. The van der Waals surface area contributed by atoms with Gasteiger partial charge in [0.2, 0.25) is 10.0 Å². The van der Waals surface area contributed by atoms with Crippen LogP contribution in [0.3, 0.4) is 0 Å². The number of H-pyrrole nitrogens is 1. The van der Waals surface area contributed by atoms with E-state index < -0.39 is 16.0 Å². The number of carboxylic acid groups (broad SMARTS) is 1. The molecule has 0 atom stereocenters. The molecular formula is C24H27ClN2O4S. The fourth-order valence-corrected chi connectivity index (χ4v) is 6.16. The highest BCUT2D eigenvalue weighted by Crippen LogP contribution is 2.34. The second-order valence-corrected chi connectivity index (χ2v) is 10.6. The number of para-hydroxylation sites is 1. The summed E-state index contributed by atoms with van der Waals surface area (Å²) in [5.41, 5.74) is 2.58. The lowest BCUT2D eigenvalue weighted by molar-refractivity contribution is -0.136. The van der Waals surface area contributed by atoms with Gasteiger partial charge in [-0.2, -0.15) is 0 Å². The molecule has 0 bridgehead atoms. The Kier molecular flexibility index (Phi) is 6.88. The first-order valence-electron chi connectivity index (χ1n) is 11.0. The lowest BCUT2D eigenvalue weighted by Gasteiger charge is -2.16. The van der Waals surface area contributed by atoms with Crippen LogP contribution in [0.5, 0.6) is 0 Å². The van der Waals surface area contributed by atoms with E-state index in [1.807, 2.05) is 24.3 Å². The molecule has 0 unspecified atom stereocenters. The molecule has 0 amide bonds. The van der Waals surface area contributed by atoms with Crippen molar-refractivity contribution in [1.29, 1.82) is 0 Å². The number of hydrogen-bond acceptors (Lipinski definition) is 3. The van der Waals surface area contributed by atoms with E-state index in [0.717, 1.165) is 36.6 Å². The maximum Gasteiger partial charge on any atom is 0.307 e. The van der Waals surface area contributed by atoms with Crippen molar-refractivity contribution in [2.24, 2.45) is 5.92 Å². The van der Waals surface area contributed by atoms with E-state index in [9.17, 15) is 18.3 Å². The minimum atomic E-state index is -3.81. The zero-order chi connectivity index (χ0) is 22.7. The van der Waals surface area contributed by atoms with Crippen molar-refractivity contribution < 1.29 is 18.3 Å². The standard InChI is InChI=1S/C24H27ClN2O4S/c25-20-12-11-17(24-19(14-23(28)29)18-9-5-6-10-21(18)27-24)13-22(20)32(30,31)26-15-16-7-3-1-2-4-8-16/h5-6,9-13,16,26-27H,1-4,7-8,14-15H2,(H,28,29). The molecule has 2 aromatic carbocycles. The second kappa shape index (κ2) is 9.65. The van der Waals surface area contributed by atoms with Gasteiger partial charge in [-0.3, -0.25) is 4.79 Å². The Morgan fingerprint density at radius 1 is 1.09 bits per heavy atom. The summed E-state index contributed by atoms with van der Waals surface area (Å²) in [6.45, 7) is 0.402. The summed E-state index contributed by atoms with van der Waals surface area (Å²) in [6, 6.07) is 12.2. The van der Waals surface area contributed by atoms with E-state index in [-0.39, 0.29) is 16.3 Å². The number of sulfonamides is 1. The predicted molar refractivity (Wildman–Crippen MR) is 126 cm³/mol. The van der Waals surface area contributed by atoms with Crippen LogP contribution < -0.4 is 4.72 Å². The van der Waals surface area contributed by atoms with Crippen molar-refractivity contribution in [2.75, 3.05) is 6.54 Å². The molecule has 1 aliphatic rings. The number of benzene rings is 2. The Hall–Kier alpha value is -2.35. The van der Waals surface area contributed by atoms with Crippen molar-refractivity contribution in [1.82, 2.24) is 9.71 Å². The number of aromatic nitrogens is 1. The molecular weight excluding hydrogens is 448 g/mol. The Morgan fingerprint density at radius 2 is 1.81 bits per heavy atom. The number of carbonyl (C=O) groups is 1. The summed E-state index contributed by atoms with van der Waals surface area (Å²) in [6.07, 6.45) is 6.57. The largest absolute Gasteiger partial charge is 0.481 e. The topological polar surface area (TPSA) is 99.3 Å². The van der Waals surface area contributed by atoms with Crippen LogP contribution in [0.1, 0.15) is 44.1 Å². The number of carboxylic acids is 1. The number of fused-ring (bicyclic) bond motifs is 1. The van der Waals surface area contributed by atoms with Crippen molar-refractivity contribution >= 4 is 38.5 Å². The molecule has 170 valence electrons. The van der Waals surface area contributed by atoms with Gasteiger partial charge in [-0.1, -0.05) is 61.5 Å². The molecule has 1 heterocycles. The third-order valence-corrected chi connectivity index (χ3v) is 8.09. The van der Waals surface area contributed by atoms with Crippen LogP contribution in [0.25, 0.3) is 22.2 Å². The maximum absolute atomic E-state index is 13.1. The SMILES string of the molecule is O=C(O)Cc1c(-c2ccc(Cl)c(S(=O)(=O)NCC3CCCCCC3)c2)[nH]c2ccccc12. The van der Waals surface area contributed by atoms with Crippen LogP contribution in [0.15, 0.2) is 47.4 Å². The van der Waals surface area contributed by atoms with Gasteiger partial charge < -0.3 is 10.1 Å². The lowest BCUT2D eigenvalue weighted by Crippen LogP contribution is -2.29. The van der Waals surface area contributed by atoms with E-state index in [1.54, 1.807) is 12.1 Å². The van der Waals surface area contributed by atoms with E-state index in [1.165, 1.54) is 18.9 Å². The smallest absolute Gasteiger partial charge is 0.307 e. The van der Waals surface area contributed by atoms with Crippen LogP contribution in [0, 0.1) is 5.92 Å². The molecule has 1 fully saturated rings. The van der Waals surface area contributed by atoms with E-state index in [4.69, 9.17) is 11.6 Å². The fourth-order valence-electron chi connectivity index (χ4n) is 4.52. The molecule has 3 N–H and O–H groups in total. The molecule has 8 heteroatoms. The third-order valence-electron chi connectivity index (χ3n) is 6.19. The number of rotatable bonds is 7. The van der Waals surface area contributed by atoms with Gasteiger partial charge in [0.1, 0.15) is 4.90 Å². The number of nitrogens with one attached hydrogen (secondary N) is 2. The van der Waals surface area contributed by atoms with E-state index in [2.05, 4.69) is 9.71 Å². The molecule has 6 nitrogen and oxygen atoms in total. The summed E-state index contributed by atoms with van der Waals surface area (Å²) < 4.78 is 28.9. The normalized spacial score (nSPS) is 15.7. The highest BCUT2D eigenvalue weighted by molar-refractivity contribution is 7.89. The highest BCUT2D eigenvalue weighted by atomic mass is 35.5. The second-order valence-electron chi connectivity index (χ2n) is 8.45. The average Bonchev–Trinajstić information content (AvgIpc) is 2.93. The minimum absolute atomic E-state index is 0.00483. The quantitative estimate of drug-likeness (QED) is 0.401. The summed E-state index contributed by atoms with van der Waals surface area (Å²) in [4.78, 5) is 14.8. The monoisotopic (exact) mass is 474 g/mol. The first-order chi connectivity index (χ1) is 15.3. The van der Waals surface area contributed by atoms with E-state index >= 15 is 0 Å². The molecule has 4 rings (SSSR count). The number of halogens is 1. The fraction of sp³-hybridized carbons (Fsp3) is 0.375. The molecule has 3 aromatic rings. The van der Waals surface area contributed by atoms with Gasteiger partial charge in [0.25, 0.3) is 0 Å². The Morgan fingerprint density at radius 3 is 2.53 bits per heavy atom. The molecule has 1 saturated carbocycles. The molecule has 1 aliphatic carbocycles. The van der Waals surface area contributed by atoms with Gasteiger partial charge in [-0.05, 0) is 48.1 Å². The van der Waals surface area contributed by atoms with E-state index in [0.29, 0.717) is 29.3 Å². The summed E-state index contributed by atoms with van der Waals surface area (Å²) in [7, 11) is -3.81. The number of hydrogen-bond donors (Lipinski definition) is 3. The third kappa shape index (κ3) is 5.00. The van der Waals surface area contributed by atoms with Crippen LogP contribution in [0.2, 0.25) is 5.02 Å². The first kappa shape index (κ1) is 22.8.